The second-order valence-electron chi connectivity index (χ2n) is 7.19. The summed E-state index contributed by atoms with van der Waals surface area (Å²) in [5, 5.41) is 0. The molecule has 3 aliphatic rings. The van der Waals surface area contributed by atoms with Crippen LogP contribution in [0.25, 0.3) is 0 Å². The number of carbonyl (C=O) groups excluding carboxylic acids is 2. The molecular formula is C18H29O2P. The topological polar surface area (TPSA) is 34.1 Å². The lowest BCUT2D eigenvalue weighted by Crippen LogP contribution is -2.36. The van der Waals surface area contributed by atoms with Crippen LogP contribution in [-0.4, -0.2) is 28.5 Å². The number of carbonyl (C=O) groups is 2. The van der Waals surface area contributed by atoms with Crippen LogP contribution in [0.5, 0.6) is 0 Å². The van der Waals surface area contributed by atoms with Crippen molar-refractivity contribution in [2.75, 3.05) is 0 Å². The van der Waals surface area contributed by atoms with Gasteiger partial charge in [0.05, 0.1) is 0 Å². The smallest absolute Gasteiger partial charge is 0.140 e. The first-order valence-corrected chi connectivity index (χ1v) is 10.6. The van der Waals surface area contributed by atoms with E-state index in [0.717, 1.165) is 38.5 Å². The summed E-state index contributed by atoms with van der Waals surface area (Å²) in [5.41, 5.74) is 1.28. The summed E-state index contributed by atoms with van der Waals surface area (Å²) < 4.78 is 0. The predicted octanol–water partition coefficient (Wildman–Crippen LogP) is 4.82. The summed E-state index contributed by atoms with van der Waals surface area (Å²) in [5.74, 6) is 1.02. The summed E-state index contributed by atoms with van der Waals surface area (Å²) in [4.78, 5) is 25.1. The van der Waals surface area contributed by atoms with Gasteiger partial charge in [-0.3, -0.25) is 9.59 Å². The number of ketones is 2. The Bertz CT molecular complexity index is 359. The molecule has 3 fully saturated rings. The minimum absolute atomic E-state index is 0.281. The van der Waals surface area contributed by atoms with Crippen molar-refractivity contribution in [2.45, 2.75) is 100 Å². The van der Waals surface area contributed by atoms with E-state index in [2.05, 4.69) is 0 Å². The third-order valence-electron chi connectivity index (χ3n) is 5.76. The van der Waals surface area contributed by atoms with Crippen molar-refractivity contribution in [1.29, 1.82) is 0 Å². The summed E-state index contributed by atoms with van der Waals surface area (Å²) >= 11 is 0. The zero-order valence-corrected chi connectivity index (χ0v) is 14.1. The zero-order chi connectivity index (χ0) is 14.7. The van der Waals surface area contributed by atoms with Gasteiger partial charge in [-0.2, -0.15) is 0 Å². The molecular weight excluding hydrogens is 279 g/mol. The Morgan fingerprint density at radius 1 is 0.619 bits per heavy atom. The summed E-state index contributed by atoms with van der Waals surface area (Å²) in [6.07, 6.45) is 14.9. The van der Waals surface area contributed by atoms with Crippen molar-refractivity contribution in [2.24, 2.45) is 0 Å². The fourth-order valence-corrected chi connectivity index (χ4v) is 8.96. The largest absolute Gasteiger partial charge is 0.299 e. The predicted molar refractivity (Wildman–Crippen MR) is 88.3 cm³/mol. The van der Waals surface area contributed by atoms with Gasteiger partial charge in [0.25, 0.3) is 0 Å². The SMILES string of the molecule is O=C1CCCCC1P(C1CCCCC1)C1CCCCC1=O. The molecule has 0 aromatic heterocycles. The number of rotatable bonds is 3. The molecule has 0 aliphatic heterocycles. The molecule has 0 aromatic carbocycles. The molecule has 0 spiro atoms. The molecule has 0 saturated heterocycles. The van der Waals surface area contributed by atoms with Crippen molar-refractivity contribution in [1.82, 2.24) is 0 Å². The third kappa shape index (κ3) is 3.58. The highest BCUT2D eigenvalue weighted by atomic mass is 31.1. The Kier molecular flexibility index (Phi) is 5.49. The Labute approximate surface area is 130 Å². The van der Waals surface area contributed by atoms with Crippen molar-refractivity contribution < 1.29 is 9.59 Å². The lowest BCUT2D eigenvalue weighted by Gasteiger charge is -2.42. The molecule has 21 heavy (non-hydrogen) atoms. The number of Topliss-reactive ketones (excluding diaryl/α,β-unsaturated/α-hetero) is 2. The molecule has 0 bridgehead atoms. The van der Waals surface area contributed by atoms with Crippen LogP contribution in [0.3, 0.4) is 0 Å². The van der Waals surface area contributed by atoms with E-state index in [1.165, 1.54) is 44.9 Å². The van der Waals surface area contributed by atoms with Crippen LogP contribution < -0.4 is 0 Å². The first kappa shape index (κ1) is 15.7. The van der Waals surface area contributed by atoms with Gasteiger partial charge in [-0.15, -0.1) is 0 Å². The maximum absolute atomic E-state index is 12.5. The van der Waals surface area contributed by atoms with Crippen LogP contribution in [0.15, 0.2) is 0 Å². The normalized spacial score (nSPS) is 33.9. The van der Waals surface area contributed by atoms with E-state index in [1.54, 1.807) is 0 Å². The Morgan fingerprint density at radius 3 is 1.57 bits per heavy atom. The molecule has 0 amide bonds. The highest BCUT2D eigenvalue weighted by Crippen LogP contribution is 2.60. The molecule has 0 N–H and O–H groups in total. The van der Waals surface area contributed by atoms with Gasteiger partial charge < -0.3 is 0 Å². The monoisotopic (exact) mass is 308 g/mol. The quantitative estimate of drug-likeness (QED) is 0.700. The van der Waals surface area contributed by atoms with E-state index in [0.29, 0.717) is 17.2 Å². The average Bonchev–Trinajstić information content (AvgIpc) is 2.52. The van der Waals surface area contributed by atoms with Gasteiger partial charge in [0.15, 0.2) is 0 Å². The molecule has 3 heteroatoms. The number of hydrogen-bond donors (Lipinski definition) is 0. The first-order valence-electron chi connectivity index (χ1n) is 9.10. The molecule has 0 aromatic rings. The summed E-state index contributed by atoms with van der Waals surface area (Å²) in [6, 6.07) is 0. The summed E-state index contributed by atoms with van der Waals surface area (Å²) in [6.45, 7) is 0. The van der Waals surface area contributed by atoms with Crippen LogP contribution in [-0.2, 0) is 9.59 Å². The maximum Gasteiger partial charge on any atom is 0.140 e. The van der Waals surface area contributed by atoms with Crippen molar-refractivity contribution in [3.63, 3.8) is 0 Å². The molecule has 0 heterocycles. The average molecular weight is 308 g/mol. The lowest BCUT2D eigenvalue weighted by molar-refractivity contribution is -0.119. The van der Waals surface area contributed by atoms with Crippen LogP contribution in [0.2, 0.25) is 0 Å². The highest BCUT2D eigenvalue weighted by molar-refractivity contribution is 7.62. The van der Waals surface area contributed by atoms with Crippen molar-refractivity contribution in [3.05, 3.63) is 0 Å². The second kappa shape index (κ2) is 7.36. The van der Waals surface area contributed by atoms with Gasteiger partial charge in [0.1, 0.15) is 11.6 Å². The number of hydrogen-bond acceptors (Lipinski definition) is 2. The molecule has 118 valence electrons. The van der Waals surface area contributed by atoms with Crippen LogP contribution in [0.1, 0.15) is 83.5 Å². The lowest BCUT2D eigenvalue weighted by atomic mass is 9.98. The van der Waals surface area contributed by atoms with Crippen molar-refractivity contribution in [3.8, 4) is 0 Å². The van der Waals surface area contributed by atoms with Crippen LogP contribution in [0.4, 0.5) is 0 Å². The molecule has 3 saturated carbocycles. The minimum Gasteiger partial charge on any atom is -0.299 e. The highest BCUT2D eigenvalue weighted by Gasteiger charge is 2.42. The molecule has 3 aliphatic carbocycles. The van der Waals surface area contributed by atoms with E-state index in [1.807, 2.05) is 0 Å². The van der Waals surface area contributed by atoms with E-state index in [4.69, 9.17) is 0 Å². The zero-order valence-electron chi connectivity index (χ0n) is 13.2. The van der Waals surface area contributed by atoms with Gasteiger partial charge in [-0.25, -0.2) is 0 Å². The Morgan fingerprint density at radius 2 is 1.10 bits per heavy atom. The van der Waals surface area contributed by atoms with E-state index in [-0.39, 0.29) is 11.3 Å². The second-order valence-corrected chi connectivity index (χ2v) is 10.1. The first-order chi connectivity index (χ1) is 10.3. The Hall–Kier alpha value is -0.230. The minimum atomic E-state index is -0.393. The fourth-order valence-electron chi connectivity index (χ4n) is 4.67. The fraction of sp³-hybridized carbons (Fsp3) is 0.889. The molecule has 2 atom stereocenters. The summed E-state index contributed by atoms with van der Waals surface area (Å²) in [7, 11) is -0.393. The molecule has 2 unspecified atom stereocenters. The van der Waals surface area contributed by atoms with E-state index in [9.17, 15) is 9.59 Å². The van der Waals surface area contributed by atoms with E-state index >= 15 is 0 Å². The van der Waals surface area contributed by atoms with Gasteiger partial charge in [-0.05, 0) is 44.2 Å². The third-order valence-corrected chi connectivity index (χ3v) is 9.65. The van der Waals surface area contributed by atoms with Crippen LogP contribution in [0, 0.1) is 0 Å². The maximum atomic E-state index is 12.5. The standard InChI is InChI=1S/C18H29O2P/c19-15-10-4-6-12-17(15)21(14-8-2-1-3-9-14)18-13-7-5-11-16(18)20/h14,17-18H,1-13H2. The molecule has 0 radical (unpaired) electrons. The van der Waals surface area contributed by atoms with Gasteiger partial charge >= 0.3 is 0 Å². The Balaban J connectivity index is 1.81. The van der Waals surface area contributed by atoms with Crippen LogP contribution >= 0.6 is 7.92 Å². The molecule has 2 nitrogen and oxygen atoms in total. The van der Waals surface area contributed by atoms with E-state index < -0.39 is 7.92 Å². The van der Waals surface area contributed by atoms with Gasteiger partial charge in [-0.1, -0.05) is 40.0 Å². The van der Waals surface area contributed by atoms with Crippen molar-refractivity contribution >= 4 is 19.5 Å². The van der Waals surface area contributed by atoms with Gasteiger partial charge in [0, 0.05) is 24.2 Å². The van der Waals surface area contributed by atoms with Gasteiger partial charge in [0.2, 0.25) is 0 Å². The molecule has 3 rings (SSSR count).